The van der Waals surface area contributed by atoms with E-state index in [2.05, 4.69) is 12.2 Å². The minimum Gasteiger partial charge on any atom is -0.480 e. The van der Waals surface area contributed by atoms with E-state index in [1.807, 2.05) is 30.3 Å². The third-order valence-corrected chi connectivity index (χ3v) is 4.42. The number of ether oxygens (including phenoxy) is 1. The summed E-state index contributed by atoms with van der Waals surface area (Å²) in [5.41, 5.74) is 0.871. The summed E-state index contributed by atoms with van der Waals surface area (Å²) in [6.07, 6.45) is 4.21. The fourth-order valence-electron chi connectivity index (χ4n) is 3.24. The van der Waals surface area contributed by atoms with Gasteiger partial charge in [-0.1, -0.05) is 56.5 Å². The molecule has 0 aromatic heterocycles. The Labute approximate surface area is 137 Å². The zero-order chi connectivity index (χ0) is 16.7. The fourth-order valence-corrected chi connectivity index (χ4v) is 3.24. The predicted molar refractivity (Wildman–Crippen MR) is 86.9 cm³/mol. The van der Waals surface area contributed by atoms with Crippen LogP contribution >= 0.6 is 0 Å². The van der Waals surface area contributed by atoms with Gasteiger partial charge in [0.1, 0.15) is 12.6 Å². The Bertz CT molecular complexity index is 517. The van der Waals surface area contributed by atoms with Crippen molar-refractivity contribution in [2.45, 2.75) is 51.7 Å². The molecule has 0 heterocycles. The Balaban J connectivity index is 1.81. The maximum atomic E-state index is 11.8. The van der Waals surface area contributed by atoms with Crippen LogP contribution in [0.15, 0.2) is 30.3 Å². The van der Waals surface area contributed by atoms with Crippen molar-refractivity contribution >= 4 is 12.1 Å². The first kappa shape index (κ1) is 17.3. The topological polar surface area (TPSA) is 75.6 Å². The van der Waals surface area contributed by atoms with Crippen molar-refractivity contribution in [2.24, 2.45) is 11.8 Å². The molecule has 1 saturated carbocycles. The number of rotatable bonds is 6. The lowest BCUT2D eigenvalue weighted by Gasteiger charge is -2.28. The van der Waals surface area contributed by atoms with Gasteiger partial charge in [0.25, 0.3) is 0 Å². The van der Waals surface area contributed by atoms with Crippen LogP contribution in [-0.2, 0) is 16.1 Å². The van der Waals surface area contributed by atoms with E-state index >= 15 is 0 Å². The van der Waals surface area contributed by atoms with Crippen molar-refractivity contribution in [3.8, 4) is 0 Å². The second-order valence-corrected chi connectivity index (χ2v) is 6.47. The van der Waals surface area contributed by atoms with Gasteiger partial charge in [-0.15, -0.1) is 0 Å². The number of alkyl carbamates (subject to hydrolysis) is 1. The van der Waals surface area contributed by atoms with E-state index in [0.29, 0.717) is 18.3 Å². The van der Waals surface area contributed by atoms with E-state index < -0.39 is 18.1 Å². The van der Waals surface area contributed by atoms with E-state index in [0.717, 1.165) is 24.8 Å². The van der Waals surface area contributed by atoms with Crippen molar-refractivity contribution in [1.82, 2.24) is 5.32 Å². The molecule has 3 atom stereocenters. The summed E-state index contributed by atoms with van der Waals surface area (Å²) in [5, 5.41) is 11.8. The van der Waals surface area contributed by atoms with Crippen molar-refractivity contribution in [3.05, 3.63) is 35.9 Å². The molecular weight excluding hydrogens is 294 g/mol. The zero-order valence-corrected chi connectivity index (χ0v) is 13.5. The minimum atomic E-state index is -1.00. The predicted octanol–water partition coefficient (Wildman–Crippen LogP) is 3.58. The van der Waals surface area contributed by atoms with E-state index in [1.165, 1.54) is 6.42 Å². The molecule has 5 nitrogen and oxygen atoms in total. The van der Waals surface area contributed by atoms with Gasteiger partial charge in [-0.3, -0.25) is 0 Å². The molecule has 1 aliphatic rings. The molecule has 0 spiro atoms. The number of carboxylic acids is 1. The highest BCUT2D eigenvalue weighted by atomic mass is 16.5. The summed E-state index contributed by atoms with van der Waals surface area (Å²) in [6.45, 7) is 2.34. The van der Waals surface area contributed by atoms with Crippen LogP contribution in [0.3, 0.4) is 0 Å². The largest absolute Gasteiger partial charge is 0.480 e. The first-order valence-electron chi connectivity index (χ1n) is 8.24. The van der Waals surface area contributed by atoms with Crippen LogP contribution in [0, 0.1) is 11.8 Å². The molecule has 2 N–H and O–H groups in total. The van der Waals surface area contributed by atoms with Gasteiger partial charge in [0.2, 0.25) is 0 Å². The SMILES string of the molecule is CC1CCCC(CC(NC(=O)OCc2ccccc2)C(=O)O)C1. The van der Waals surface area contributed by atoms with E-state index in [9.17, 15) is 14.7 Å². The molecule has 0 aliphatic heterocycles. The molecule has 2 rings (SSSR count). The summed E-state index contributed by atoms with van der Waals surface area (Å²) < 4.78 is 5.11. The zero-order valence-electron chi connectivity index (χ0n) is 13.5. The molecule has 1 amide bonds. The van der Waals surface area contributed by atoms with E-state index in [4.69, 9.17) is 4.74 Å². The maximum Gasteiger partial charge on any atom is 0.408 e. The van der Waals surface area contributed by atoms with Gasteiger partial charge in [-0.2, -0.15) is 0 Å². The fraction of sp³-hybridized carbons (Fsp3) is 0.556. The lowest BCUT2D eigenvalue weighted by atomic mass is 9.79. The standard InChI is InChI=1S/C18H25NO4/c1-13-6-5-9-15(10-13)11-16(17(20)21)19-18(22)23-12-14-7-3-2-4-8-14/h2-4,7-8,13,15-16H,5-6,9-12H2,1H3,(H,19,22)(H,20,21). The Hall–Kier alpha value is -2.04. The number of hydrogen-bond acceptors (Lipinski definition) is 3. The highest BCUT2D eigenvalue weighted by molar-refractivity contribution is 5.79. The van der Waals surface area contributed by atoms with Gasteiger partial charge in [0, 0.05) is 0 Å². The summed E-state index contributed by atoms with van der Waals surface area (Å²) in [7, 11) is 0. The minimum absolute atomic E-state index is 0.138. The van der Waals surface area contributed by atoms with Crippen LogP contribution in [-0.4, -0.2) is 23.2 Å². The Morgan fingerprint density at radius 3 is 2.70 bits per heavy atom. The number of carbonyl (C=O) groups is 2. The smallest absolute Gasteiger partial charge is 0.408 e. The molecule has 1 aromatic rings. The van der Waals surface area contributed by atoms with Gasteiger partial charge in [-0.05, 0) is 30.2 Å². The number of hydrogen-bond donors (Lipinski definition) is 2. The highest BCUT2D eigenvalue weighted by Gasteiger charge is 2.27. The molecular formula is C18H25NO4. The number of benzene rings is 1. The molecule has 1 aliphatic carbocycles. The molecule has 5 heteroatoms. The summed E-state index contributed by atoms with van der Waals surface area (Å²) >= 11 is 0. The highest BCUT2D eigenvalue weighted by Crippen LogP contribution is 2.31. The molecule has 126 valence electrons. The molecule has 0 saturated heterocycles. The van der Waals surface area contributed by atoms with Crippen LogP contribution < -0.4 is 5.32 Å². The molecule has 0 bridgehead atoms. The second-order valence-electron chi connectivity index (χ2n) is 6.47. The normalized spacial score (nSPS) is 22.1. The Morgan fingerprint density at radius 1 is 1.30 bits per heavy atom. The maximum absolute atomic E-state index is 11.8. The van der Waals surface area contributed by atoms with E-state index in [1.54, 1.807) is 0 Å². The first-order chi connectivity index (χ1) is 11.0. The number of nitrogens with one attached hydrogen (secondary N) is 1. The molecule has 0 radical (unpaired) electrons. The van der Waals surface area contributed by atoms with Crippen LogP contribution in [0.1, 0.15) is 44.6 Å². The van der Waals surface area contributed by atoms with Crippen molar-refractivity contribution < 1.29 is 19.4 Å². The van der Waals surface area contributed by atoms with Crippen LogP contribution in [0.2, 0.25) is 0 Å². The average Bonchev–Trinajstić information content (AvgIpc) is 2.53. The van der Waals surface area contributed by atoms with E-state index in [-0.39, 0.29) is 6.61 Å². The van der Waals surface area contributed by atoms with Gasteiger partial charge >= 0.3 is 12.1 Å². The lowest BCUT2D eigenvalue weighted by Crippen LogP contribution is -2.42. The van der Waals surface area contributed by atoms with Gasteiger partial charge in [-0.25, -0.2) is 9.59 Å². The monoisotopic (exact) mass is 319 g/mol. The molecule has 23 heavy (non-hydrogen) atoms. The molecule has 1 fully saturated rings. The third kappa shape index (κ3) is 5.93. The van der Waals surface area contributed by atoms with Gasteiger partial charge < -0.3 is 15.2 Å². The number of carbonyl (C=O) groups excluding carboxylic acids is 1. The summed E-state index contributed by atoms with van der Waals surface area (Å²) in [6, 6.07) is 8.43. The van der Waals surface area contributed by atoms with Crippen LogP contribution in [0.4, 0.5) is 4.79 Å². The number of carboxylic acid groups (broad SMARTS) is 1. The lowest BCUT2D eigenvalue weighted by molar-refractivity contribution is -0.140. The quantitative estimate of drug-likeness (QED) is 0.840. The van der Waals surface area contributed by atoms with Crippen LogP contribution in [0.5, 0.6) is 0 Å². The third-order valence-electron chi connectivity index (χ3n) is 4.42. The average molecular weight is 319 g/mol. The molecule has 3 unspecified atom stereocenters. The first-order valence-corrected chi connectivity index (χ1v) is 8.24. The van der Waals surface area contributed by atoms with Gasteiger partial charge in [0.15, 0.2) is 0 Å². The van der Waals surface area contributed by atoms with Crippen LogP contribution in [0.25, 0.3) is 0 Å². The Morgan fingerprint density at radius 2 is 2.04 bits per heavy atom. The number of amides is 1. The number of aliphatic carboxylic acids is 1. The van der Waals surface area contributed by atoms with Gasteiger partial charge in [0.05, 0.1) is 0 Å². The summed E-state index contributed by atoms with van der Waals surface area (Å²) in [5.74, 6) is -0.0117. The summed E-state index contributed by atoms with van der Waals surface area (Å²) in [4.78, 5) is 23.2. The van der Waals surface area contributed by atoms with Crippen molar-refractivity contribution in [2.75, 3.05) is 0 Å². The molecule has 1 aromatic carbocycles. The van der Waals surface area contributed by atoms with Crippen molar-refractivity contribution in [1.29, 1.82) is 0 Å². The second kappa shape index (κ2) is 8.56. The Kier molecular flexibility index (Phi) is 6.44. The van der Waals surface area contributed by atoms with Crippen molar-refractivity contribution in [3.63, 3.8) is 0 Å².